The van der Waals surface area contributed by atoms with Crippen LogP contribution < -0.4 is 10.2 Å². The number of amides is 1. The molecule has 3 aromatic rings. The SMILES string of the molecule is COc1ccc(-c2ccc(/C=N\NC(=O)c3ccncc3)o2)c([N+](=O)[O-])c1. The van der Waals surface area contributed by atoms with Crippen molar-refractivity contribution in [2.75, 3.05) is 7.11 Å². The number of hydrogen-bond acceptors (Lipinski definition) is 7. The summed E-state index contributed by atoms with van der Waals surface area (Å²) in [5.74, 6) is 0.597. The molecule has 0 saturated carbocycles. The van der Waals surface area contributed by atoms with Gasteiger partial charge < -0.3 is 9.15 Å². The minimum absolute atomic E-state index is 0.141. The van der Waals surface area contributed by atoms with E-state index in [2.05, 4.69) is 15.5 Å². The third kappa shape index (κ3) is 4.15. The molecule has 1 aromatic carbocycles. The van der Waals surface area contributed by atoms with E-state index in [1.165, 1.54) is 31.8 Å². The molecule has 0 radical (unpaired) electrons. The Kier molecular flexibility index (Phi) is 5.22. The van der Waals surface area contributed by atoms with Crippen LogP contribution in [0.1, 0.15) is 16.1 Å². The van der Waals surface area contributed by atoms with E-state index >= 15 is 0 Å². The monoisotopic (exact) mass is 366 g/mol. The maximum Gasteiger partial charge on any atom is 0.284 e. The van der Waals surface area contributed by atoms with E-state index in [4.69, 9.17) is 9.15 Å². The van der Waals surface area contributed by atoms with Gasteiger partial charge in [-0.15, -0.1) is 0 Å². The number of hydrogen-bond donors (Lipinski definition) is 1. The van der Waals surface area contributed by atoms with Crippen LogP contribution in [0.4, 0.5) is 5.69 Å². The molecule has 0 bridgehead atoms. The zero-order valence-corrected chi connectivity index (χ0v) is 14.2. The Morgan fingerprint density at radius 2 is 2.04 bits per heavy atom. The third-order valence-corrected chi connectivity index (χ3v) is 3.59. The van der Waals surface area contributed by atoms with E-state index < -0.39 is 10.8 Å². The average molecular weight is 366 g/mol. The van der Waals surface area contributed by atoms with Gasteiger partial charge >= 0.3 is 0 Å². The first-order valence-electron chi connectivity index (χ1n) is 7.74. The molecule has 0 aliphatic rings. The van der Waals surface area contributed by atoms with Gasteiger partial charge in [0.15, 0.2) is 0 Å². The molecule has 1 amide bonds. The van der Waals surface area contributed by atoms with Crippen LogP contribution in [0.2, 0.25) is 0 Å². The molecule has 0 spiro atoms. The summed E-state index contributed by atoms with van der Waals surface area (Å²) in [4.78, 5) is 26.5. The lowest BCUT2D eigenvalue weighted by atomic mass is 10.1. The van der Waals surface area contributed by atoms with Crippen LogP contribution in [-0.2, 0) is 0 Å². The summed E-state index contributed by atoms with van der Waals surface area (Å²) in [6.45, 7) is 0. The predicted molar refractivity (Wildman–Crippen MR) is 96.6 cm³/mol. The highest BCUT2D eigenvalue weighted by atomic mass is 16.6. The van der Waals surface area contributed by atoms with Gasteiger partial charge in [-0.25, -0.2) is 5.43 Å². The van der Waals surface area contributed by atoms with Gasteiger partial charge in [0.2, 0.25) is 0 Å². The Morgan fingerprint density at radius 1 is 1.26 bits per heavy atom. The number of nitrogens with one attached hydrogen (secondary N) is 1. The second-order valence-corrected chi connectivity index (χ2v) is 5.28. The maximum atomic E-state index is 11.9. The number of pyridine rings is 1. The Labute approximate surface area is 153 Å². The van der Waals surface area contributed by atoms with Gasteiger partial charge in [0.1, 0.15) is 17.3 Å². The van der Waals surface area contributed by atoms with Crippen LogP contribution in [0.15, 0.2) is 64.4 Å². The largest absolute Gasteiger partial charge is 0.497 e. The smallest absolute Gasteiger partial charge is 0.284 e. The van der Waals surface area contributed by atoms with Gasteiger partial charge in [0.25, 0.3) is 11.6 Å². The van der Waals surface area contributed by atoms with Crippen molar-refractivity contribution in [1.82, 2.24) is 10.4 Å². The van der Waals surface area contributed by atoms with Crippen LogP contribution in [0.25, 0.3) is 11.3 Å². The summed E-state index contributed by atoms with van der Waals surface area (Å²) in [6, 6.07) is 10.7. The second-order valence-electron chi connectivity index (χ2n) is 5.28. The topological polar surface area (TPSA) is 120 Å². The highest BCUT2D eigenvalue weighted by Crippen LogP contribution is 2.33. The van der Waals surface area contributed by atoms with Crippen molar-refractivity contribution in [3.63, 3.8) is 0 Å². The fourth-order valence-corrected chi connectivity index (χ4v) is 2.29. The number of carbonyl (C=O) groups excluding carboxylic acids is 1. The standard InChI is InChI=1S/C18H14N4O5/c1-26-13-2-4-15(16(10-13)22(24)25)17-5-3-14(27-17)11-20-21-18(23)12-6-8-19-9-7-12/h2-11H,1H3,(H,21,23)/b20-11-. The van der Waals surface area contributed by atoms with Gasteiger partial charge in [0.05, 0.1) is 29.9 Å². The summed E-state index contributed by atoms with van der Waals surface area (Å²) in [5.41, 5.74) is 2.94. The van der Waals surface area contributed by atoms with Gasteiger partial charge in [-0.05, 0) is 36.4 Å². The van der Waals surface area contributed by atoms with Gasteiger partial charge in [-0.3, -0.25) is 19.9 Å². The number of furan rings is 1. The lowest BCUT2D eigenvalue weighted by molar-refractivity contribution is -0.384. The second kappa shape index (κ2) is 7.91. The quantitative estimate of drug-likeness (QED) is 0.407. The minimum atomic E-state index is -0.511. The molecule has 0 aliphatic carbocycles. The predicted octanol–water partition coefficient (Wildman–Crippen LogP) is 3.02. The number of ether oxygens (including phenoxy) is 1. The van der Waals surface area contributed by atoms with Crippen molar-refractivity contribution in [2.45, 2.75) is 0 Å². The molecule has 0 saturated heterocycles. The molecule has 0 fully saturated rings. The third-order valence-electron chi connectivity index (χ3n) is 3.59. The molecule has 0 unspecified atom stereocenters. The molecule has 0 atom stereocenters. The highest BCUT2D eigenvalue weighted by Gasteiger charge is 2.19. The number of aromatic nitrogens is 1. The zero-order valence-electron chi connectivity index (χ0n) is 14.2. The summed E-state index contributed by atoms with van der Waals surface area (Å²) >= 11 is 0. The molecule has 3 rings (SSSR count). The molecule has 9 nitrogen and oxygen atoms in total. The van der Waals surface area contributed by atoms with Crippen molar-refractivity contribution in [3.05, 3.63) is 76.3 Å². The molecular weight excluding hydrogens is 352 g/mol. The first-order chi connectivity index (χ1) is 13.1. The van der Waals surface area contributed by atoms with Gasteiger partial charge in [0, 0.05) is 18.0 Å². The number of benzene rings is 1. The molecule has 9 heteroatoms. The summed E-state index contributed by atoms with van der Waals surface area (Å²) in [7, 11) is 1.43. The van der Waals surface area contributed by atoms with Crippen LogP contribution >= 0.6 is 0 Å². The van der Waals surface area contributed by atoms with Crippen LogP contribution in [0, 0.1) is 10.1 Å². The van der Waals surface area contributed by atoms with Crippen molar-refractivity contribution < 1.29 is 18.9 Å². The lowest BCUT2D eigenvalue weighted by Gasteiger charge is -2.03. The molecule has 2 heterocycles. The van der Waals surface area contributed by atoms with Crippen LogP contribution in [-0.4, -0.2) is 29.1 Å². The first-order valence-corrected chi connectivity index (χ1v) is 7.74. The van der Waals surface area contributed by atoms with Gasteiger partial charge in [-0.2, -0.15) is 5.10 Å². The van der Waals surface area contributed by atoms with Gasteiger partial charge in [-0.1, -0.05) is 0 Å². The van der Waals surface area contributed by atoms with Crippen LogP contribution in [0.5, 0.6) is 5.75 Å². The van der Waals surface area contributed by atoms with Crippen LogP contribution in [0.3, 0.4) is 0 Å². The molecule has 136 valence electrons. The molecule has 27 heavy (non-hydrogen) atoms. The summed E-state index contributed by atoms with van der Waals surface area (Å²) < 4.78 is 10.6. The normalized spacial score (nSPS) is 10.7. The van der Waals surface area contributed by atoms with E-state index in [0.29, 0.717) is 28.4 Å². The van der Waals surface area contributed by atoms with Crippen molar-refractivity contribution in [1.29, 1.82) is 0 Å². The number of nitrogens with zero attached hydrogens (tertiary/aromatic N) is 3. The Balaban J connectivity index is 1.75. The molecule has 1 N–H and O–H groups in total. The van der Waals surface area contributed by atoms with Crippen molar-refractivity contribution in [3.8, 4) is 17.1 Å². The number of nitro groups is 1. The van der Waals surface area contributed by atoms with E-state index in [1.54, 1.807) is 36.4 Å². The zero-order chi connectivity index (χ0) is 19.2. The maximum absolute atomic E-state index is 11.9. The summed E-state index contributed by atoms with van der Waals surface area (Å²) in [5, 5.41) is 15.1. The van der Waals surface area contributed by atoms with E-state index in [-0.39, 0.29) is 5.69 Å². The number of carbonyl (C=O) groups is 1. The number of methoxy groups -OCH3 is 1. The van der Waals surface area contributed by atoms with E-state index in [0.717, 1.165) is 0 Å². The Hall–Kier alpha value is -4.01. The van der Waals surface area contributed by atoms with Crippen molar-refractivity contribution >= 4 is 17.8 Å². The fraction of sp³-hybridized carbons (Fsp3) is 0.0556. The van der Waals surface area contributed by atoms with Crippen molar-refractivity contribution in [2.24, 2.45) is 5.10 Å². The number of hydrazone groups is 1. The number of nitro benzene ring substituents is 1. The molecular formula is C18H14N4O5. The average Bonchev–Trinajstić information content (AvgIpc) is 3.16. The summed E-state index contributed by atoms with van der Waals surface area (Å²) in [6.07, 6.45) is 4.30. The minimum Gasteiger partial charge on any atom is -0.497 e. The first kappa shape index (κ1) is 17.8. The highest BCUT2D eigenvalue weighted by molar-refractivity contribution is 5.94. The molecule has 2 aromatic heterocycles. The van der Waals surface area contributed by atoms with E-state index in [9.17, 15) is 14.9 Å². The lowest BCUT2D eigenvalue weighted by Crippen LogP contribution is -2.17. The Bertz CT molecular complexity index is 998. The number of rotatable bonds is 6. The van der Waals surface area contributed by atoms with E-state index in [1.807, 2.05) is 0 Å². The Morgan fingerprint density at radius 3 is 2.74 bits per heavy atom. The fourth-order valence-electron chi connectivity index (χ4n) is 2.29. The molecule has 0 aliphatic heterocycles.